The van der Waals surface area contributed by atoms with Gasteiger partial charge in [0, 0.05) is 6.61 Å². The monoisotopic (exact) mass is 257 g/mol. The minimum atomic E-state index is 0.273. The molecule has 0 aliphatic heterocycles. The predicted octanol–water partition coefficient (Wildman–Crippen LogP) is 4.88. The molecule has 0 fully saturated rings. The lowest BCUT2D eigenvalue weighted by atomic mass is 10.1. The number of nitrogens with one attached hydrogen (secondary N) is 1. The SMILES string of the molecule is CCCCCCCCCCOC(CC)NCCC. The van der Waals surface area contributed by atoms with Gasteiger partial charge in [0.2, 0.25) is 0 Å². The Kier molecular flexibility index (Phi) is 14.9. The highest BCUT2D eigenvalue weighted by molar-refractivity contribution is 4.53. The second-order valence-electron chi connectivity index (χ2n) is 5.20. The highest BCUT2D eigenvalue weighted by atomic mass is 16.5. The maximum absolute atomic E-state index is 5.83. The summed E-state index contributed by atoms with van der Waals surface area (Å²) >= 11 is 0. The van der Waals surface area contributed by atoms with E-state index in [-0.39, 0.29) is 6.23 Å². The van der Waals surface area contributed by atoms with Crippen molar-refractivity contribution in [2.75, 3.05) is 13.2 Å². The Bertz CT molecular complexity index is 150. The van der Waals surface area contributed by atoms with Gasteiger partial charge in [-0.25, -0.2) is 0 Å². The molecule has 110 valence electrons. The first-order chi connectivity index (χ1) is 8.85. The Morgan fingerprint density at radius 3 is 1.94 bits per heavy atom. The van der Waals surface area contributed by atoms with E-state index in [1.54, 1.807) is 0 Å². The summed E-state index contributed by atoms with van der Waals surface area (Å²) in [6.07, 6.45) is 13.5. The molecular weight excluding hydrogens is 222 g/mol. The molecule has 0 aliphatic carbocycles. The molecule has 0 aromatic rings. The Morgan fingerprint density at radius 2 is 1.39 bits per heavy atom. The number of ether oxygens (including phenoxy) is 1. The van der Waals surface area contributed by atoms with Crippen molar-refractivity contribution < 1.29 is 4.74 Å². The Hall–Kier alpha value is -0.0800. The topological polar surface area (TPSA) is 21.3 Å². The van der Waals surface area contributed by atoms with Crippen molar-refractivity contribution in [2.24, 2.45) is 0 Å². The average Bonchev–Trinajstić information content (AvgIpc) is 2.40. The summed E-state index contributed by atoms with van der Waals surface area (Å²) in [6, 6.07) is 0. The first-order valence-electron chi connectivity index (χ1n) is 8.20. The van der Waals surface area contributed by atoms with Gasteiger partial charge in [-0.15, -0.1) is 0 Å². The average molecular weight is 257 g/mol. The molecule has 1 atom stereocenters. The Morgan fingerprint density at radius 1 is 0.778 bits per heavy atom. The summed E-state index contributed by atoms with van der Waals surface area (Å²) in [7, 11) is 0. The molecular formula is C16H35NO. The van der Waals surface area contributed by atoms with Crippen LogP contribution in [-0.2, 0) is 4.74 Å². The van der Waals surface area contributed by atoms with Gasteiger partial charge in [0.05, 0.1) is 0 Å². The van der Waals surface area contributed by atoms with E-state index in [1.165, 1.54) is 57.8 Å². The van der Waals surface area contributed by atoms with Gasteiger partial charge in [-0.1, -0.05) is 65.7 Å². The quantitative estimate of drug-likeness (QED) is 0.354. The van der Waals surface area contributed by atoms with Crippen LogP contribution < -0.4 is 5.32 Å². The summed E-state index contributed by atoms with van der Waals surface area (Å²) in [6.45, 7) is 8.63. The van der Waals surface area contributed by atoms with Gasteiger partial charge < -0.3 is 4.74 Å². The van der Waals surface area contributed by atoms with Crippen LogP contribution in [0.15, 0.2) is 0 Å². The standard InChI is InChI=1S/C16H35NO/c1-4-7-8-9-10-11-12-13-15-18-16(6-3)17-14-5-2/h16-17H,4-15H2,1-3H3. The van der Waals surface area contributed by atoms with Crippen LogP contribution in [0, 0.1) is 0 Å². The third-order valence-electron chi connectivity index (χ3n) is 3.31. The van der Waals surface area contributed by atoms with Crippen LogP contribution in [0.1, 0.15) is 85.0 Å². The molecule has 1 unspecified atom stereocenters. The molecule has 0 saturated heterocycles. The van der Waals surface area contributed by atoms with Gasteiger partial charge in [-0.2, -0.15) is 0 Å². The summed E-state index contributed by atoms with van der Waals surface area (Å²) in [5, 5.41) is 3.42. The van der Waals surface area contributed by atoms with Crippen LogP contribution >= 0.6 is 0 Å². The maximum Gasteiger partial charge on any atom is 0.107 e. The van der Waals surface area contributed by atoms with Crippen molar-refractivity contribution in [1.82, 2.24) is 5.32 Å². The number of hydrogen-bond donors (Lipinski definition) is 1. The van der Waals surface area contributed by atoms with E-state index in [1.807, 2.05) is 0 Å². The van der Waals surface area contributed by atoms with Crippen LogP contribution in [-0.4, -0.2) is 19.4 Å². The molecule has 1 N–H and O–H groups in total. The zero-order chi connectivity index (χ0) is 13.5. The van der Waals surface area contributed by atoms with Crippen molar-refractivity contribution in [3.63, 3.8) is 0 Å². The van der Waals surface area contributed by atoms with Gasteiger partial charge >= 0.3 is 0 Å². The molecule has 0 radical (unpaired) electrons. The summed E-state index contributed by atoms with van der Waals surface area (Å²) in [4.78, 5) is 0. The van der Waals surface area contributed by atoms with Crippen molar-refractivity contribution in [1.29, 1.82) is 0 Å². The molecule has 18 heavy (non-hydrogen) atoms. The van der Waals surface area contributed by atoms with Crippen LogP contribution in [0.4, 0.5) is 0 Å². The van der Waals surface area contributed by atoms with E-state index in [0.717, 1.165) is 19.6 Å². The van der Waals surface area contributed by atoms with Crippen LogP contribution in [0.3, 0.4) is 0 Å². The van der Waals surface area contributed by atoms with Crippen LogP contribution in [0.5, 0.6) is 0 Å². The minimum absolute atomic E-state index is 0.273. The van der Waals surface area contributed by atoms with E-state index in [0.29, 0.717) is 0 Å². The molecule has 0 aromatic heterocycles. The van der Waals surface area contributed by atoms with E-state index in [2.05, 4.69) is 26.1 Å². The van der Waals surface area contributed by atoms with Crippen molar-refractivity contribution in [2.45, 2.75) is 91.2 Å². The summed E-state index contributed by atoms with van der Waals surface area (Å²) in [5.41, 5.74) is 0. The molecule has 0 aliphatic rings. The fourth-order valence-corrected chi connectivity index (χ4v) is 2.09. The lowest BCUT2D eigenvalue weighted by Gasteiger charge is -2.17. The zero-order valence-electron chi connectivity index (χ0n) is 13.0. The van der Waals surface area contributed by atoms with Gasteiger partial charge in [0.15, 0.2) is 0 Å². The minimum Gasteiger partial charge on any atom is -0.363 e. The lowest BCUT2D eigenvalue weighted by molar-refractivity contribution is 0.0252. The molecule has 0 saturated carbocycles. The fraction of sp³-hybridized carbons (Fsp3) is 1.00. The summed E-state index contributed by atoms with van der Waals surface area (Å²) in [5.74, 6) is 0. The molecule has 0 amide bonds. The van der Waals surface area contributed by atoms with Crippen LogP contribution in [0.25, 0.3) is 0 Å². The van der Waals surface area contributed by atoms with E-state index >= 15 is 0 Å². The maximum atomic E-state index is 5.83. The lowest BCUT2D eigenvalue weighted by Crippen LogP contribution is -2.32. The van der Waals surface area contributed by atoms with E-state index in [4.69, 9.17) is 4.74 Å². The molecule has 0 aromatic carbocycles. The number of hydrogen-bond acceptors (Lipinski definition) is 2. The molecule has 0 heterocycles. The molecule has 0 rings (SSSR count). The Labute approximate surface area is 115 Å². The largest absolute Gasteiger partial charge is 0.363 e. The smallest absolute Gasteiger partial charge is 0.107 e. The second kappa shape index (κ2) is 15.0. The predicted molar refractivity (Wildman–Crippen MR) is 80.9 cm³/mol. The first-order valence-corrected chi connectivity index (χ1v) is 8.20. The first kappa shape index (κ1) is 17.9. The highest BCUT2D eigenvalue weighted by Crippen LogP contribution is 2.08. The van der Waals surface area contributed by atoms with Crippen molar-refractivity contribution >= 4 is 0 Å². The Balaban J connectivity index is 3.17. The number of rotatable bonds is 14. The number of unbranched alkanes of at least 4 members (excludes halogenated alkanes) is 7. The van der Waals surface area contributed by atoms with Gasteiger partial charge in [-0.3, -0.25) is 5.32 Å². The normalized spacial score (nSPS) is 12.8. The highest BCUT2D eigenvalue weighted by Gasteiger charge is 2.03. The second-order valence-corrected chi connectivity index (χ2v) is 5.20. The van der Waals surface area contributed by atoms with E-state index in [9.17, 15) is 0 Å². The van der Waals surface area contributed by atoms with Gasteiger partial charge in [0.1, 0.15) is 6.23 Å². The fourth-order valence-electron chi connectivity index (χ4n) is 2.09. The molecule has 0 bridgehead atoms. The van der Waals surface area contributed by atoms with Gasteiger partial charge in [0.25, 0.3) is 0 Å². The third kappa shape index (κ3) is 12.4. The van der Waals surface area contributed by atoms with Crippen molar-refractivity contribution in [3.05, 3.63) is 0 Å². The van der Waals surface area contributed by atoms with E-state index < -0.39 is 0 Å². The molecule has 0 spiro atoms. The zero-order valence-corrected chi connectivity index (χ0v) is 13.0. The third-order valence-corrected chi connectivity index (χ3v) is 3.31. The van der Waals surface area contributed by atoms with Gasteiger partial charge in [-0.05, 0) is 25.8 Å². The summed E-state index contributed by atoms with van der Waals surface area (Å²) < 4.78 is 5.83. The molecule has 2 heteroatoms. The van der Waals surface area contributed by atoms with Crippen LogP contribution in [0.2, 0.25) is 0 Å². The van der Waals surface area contributed by atoms with Crippen molar-refractivity contribution in [3.8, 4) is 0 Å². The molecule has 2 nitrogen and oxygen atoms in total.